The molecule has 2 N–H and O–H groups in total. The summed E-state index contributed by atoms with van der Waals surface area (Å²) >= 11 is 1.72. The van der Waals surface area contributed by atoms with Gasteiger partial charge >= 0.3 is 0 Å². The summed E-state index contributed by atoms with van der Waals surface area (Å²) in [5.74, 6) is 0.575. The molecule has 0 radical (unpaired) electrons. The Bertz CT molecular complexity index is 628. The lowest BCUT2D eigenvalue weighted by molar-refractivity contribution is 0.626. The average molecular weight is 462 g/mol. The number of nitrogens with one attached hydrogen (secondary N) is 2. The molecule has 0 bridgehead atoms. The molecule has 1 aromatic carbocycles. The third-order valence-electron chi connectivity index (χ3n) is 3.42. The van der Waals surface area contributed by atoms with Crippen LogP contribution in [0.3, 0.4) is 0 Å². The van der Waals surface area contributed by atoms with Crippen LogP contribution >= 0.6 is 35.3 Å². The Morgan fingerprint density at radius 1 is 1.17 bits per heavy atom. The van der Waals surface area contributed by atoms with Gasteiger partial charge in [0, 0.05) is 31.9 Å². The van der Waals surface area contributed by atoms with Crippen LogP contribution in [0.5, 0.6) is 0 Å². The minimum absolute atomic E-state index is 0. The van der Waals surface area contributed by atoms with Crippen molar-refractivity contribution in [2.45, 2.75) is 26.2 Å². The molecular formula is C17H24FIN4S. The van der Waals surface area contributed by atoms with Crippen LogP contribution < -0.4 is 10.6 Å². The summed E-state index contributed by atoms with van der Waals surface area (Å²) in [4.78, 5) is 8.75. The highest BCUT2D eigenvalue weighted by molar-refractivity contribution is 14.0. The van der Waals surface area contributed by atoms with Gasteiger partial charge in [-0.1, -0.05) is 19.1 Å². The number of nitrogens with zero attached hydrogens (tertiary/aromatic N) is 2. The standard InChI is InChI=1S/C17H23FN4S.HI/c1-3-16-22-15(12-23-16)9-11-21-17(19-2)20-10-8-13-4-6-14(18)7-5-13;/h4-7,12H,3,8-11H2,1-2H3,(H2,19,20,21);1H. The number of hydrogen-bond acceptors (Lipinski definition) is 3. The summed E-state index contributed by atoms with van der Waals surface area (Å²) in [6, 6.07) is 6.59. The molecule has 0 aliphatic rings. The smallest absolute Gasteiger partial charge is 0.190 e. The maximum Gasteiger partial charge on any atom is 0.190 e. The number of thiazole rings is 1. The van der Waals surface area contributed by atoms with Crippen molar-refractivity contribution < 1.29 is 4.39 Å². The second kappa shape index (κ2) is 11.4. The maximum atomic E-state index is 12.8. The van der Waals surface area contributed by atoms with Gasteiger partial charge in [0.2, 0.25) is 0 Å². The Morgan fingerprint density at radius 3 is 2.42 bits per heavy atom. The molecule has 2 aromatic rings. The zero-order chi connectivity index (χ0) is 16.5. The van der Waals surface area contributed by atoms with Gasteiger partial charge in [0.1, 0.15) is 5.82 Å². The van der Waals surface area contributed by atoms with Gasteiger partial charge in [-0.05, 0) is 30.5 Å². The first-order valence-electron chi connectivity index (χ1n) is 7.83. The minimum Gasteiger partial charge on any atom is -0.356 e. The number of aryl methyl sites for hydroxylation is 1. The maximum absolute atomic E-state index is 12.8. The lowest BCUT2D eigenvalue weighted by Crippen LogP contribution is -2.39. The summed E-state index contributed by atoms with van der Waals surface area (Å²) in [6.07, 6.45) is 2.70. The van der Waals surface area contributed by atoms with E-state index in [0.717, 1.165) is 49.6 Å². The fourth-order valence-corrected chi connectivity index (χ4v) is 2.91. The van der Waals surface area contributed by atoms with Crippen LogP contribution in [0.2, 0.25) is 0 Å². The van der Waals surface area contributed by atoms with Crippen LogP contribution in [0.25, 0.3) is 0 Å². The number of halogens is 2. The molecule has 2 rings (SSSR count). The van der Waals surface area contributed by atoms with Crippen molar-refractivity contribution in [3.05, 3.63) is 51.7 Å². The molecule has 0 fully saturated rings. The van der Waals surface area contributed by atoms with E-state index in [9.17, 15) is 4.39 Å². The van der Waals surface area contributed by atoms with Crippen LogP contribution in [0.1, 0.15) is 23.2 Å². The highest BCUT2D eigenvalue weighted by Crippen LogP contribution is 2.10. The van der Waals surface area contributed by atoms with E-state index in [0.29, 0.717) is 0 Å². The van der Waals surface area contributed by atoms with E-state index >= 15 is 0 Å². The van der Waals surface area contributed by atoms with Gasteiger partial charge in [-0.15, -0.1) is 35.3 Å². The summed E-state index contributed by atoms with van der Waals surface area (Å²) in [6.45, 7) is 3.67. The largest absolute Gasteiger partial charge is 0.356 e. The molecule has 0 saturated heterocycles. The Kier molecular flexibility index (Phi) is 9.85. The van der Waals surface area contributed by atoms with Crippen molar-refractivity contribution in [3.63, 3.8) is 0 Å². The van der Waals surface area contributed by atoms with Crippen molar-refractivity contribution in [1.82, 2.24) is 15.6 Å². The van der Waals surface area contributed by atoms with E-state index in [1.54, 1.807) is 30.5 Å². The quantitative estimate of drug-likeness (QED) is 0.377. The van der Waals surface area contributed by atoms with Crippen molar-refractivity contribution in [2.75, 3.05) is 20.1 Å². The van der Waals surface area contributed by atoms with Crippen molar-refractivity contribution in [2.24, 2.45) is 4.99 Å². The molecule has 24 heavy (non-hydrogen) atoms. The molecule has 0 aliphatic heterocycles. The van der Waals surface area contributed by atoms with Gasteiger partial charge in [0.15, 0.2) is 5.96 Å². The number of rotatable bonds is 7. The first-order chi connectivity index (χ1) is 11.2. The topological polar surface area (TPSA) is 49.3 Å². The Balaban J connectivity index is 0.00000288. The predicted molar refractivity (Wildman–Crippen MR) is 110 cm³/mol. The molecule has 0 unspecified atom stereocenters. The van der Waals surface area contributed by atoms with Crippen LogP contribution in [-0.4, -0.2) is 31.1 Å². The van der Waals surface area contributed by atoms with Crippen molar-refractivity contribution in [1.29, 1.82) is 0 Å². The van der Waals surface area contributed by atoms with Gasteiger partial charge in [-0.3, -0.25) is 4.99 Å². The summed E-state index contributed by atoms with van der Waals surface area (Å²) in [7, 11) is 1.76. The third-order valence-corrected chi connectivity index (χ3v) is 4.46. The van der Waals surface area contributed by atoms with Crippen LogP contribution in [0, 0.1) is 5.82 Å². The Labute approximate surface area is 164 Å². The van der Waals surface area contributed by atoms with Gasteiger partial charge < -0.3 is 10.6 Å². The lowest BCUT2D eigenvalue weighted by Gasteiger charge is -2.11. The third kappa shape index (κ3) is 7.12. The van der Waals surface area contributed by atoms with Gasteiger partial charge in [-0.2, -0.15) is 0 Å². The second-order valence-electron chi connectivity index (χ2n) is 5.14. The number of aliphatic imine (C=N–C) groups is 1. The molecule has 7 heteroatoms. The van der Waals surface area contributed by atoms with E-state index in [4.69, 9.17) is 0 Å². The zero-order valence-corrected chi connectivity index (χ0v) is 17.2. The molecule has 0 amide bonds. The normalized spacial score (nSPS) is 11.0. The minimum atomic E-state index is -0.201. The Hall–Kier alpha value is -1.22. The number of benzene rings is 1. The monoisotopic (exact) mass is 462 g/mol. The van der Waals surface area contributed by atoms with E-state index in [-0.39, 0.29) is 29.8 Å². The molecule has 4 nitrogen and oxygen atoms in total. The van der Waals surface area contributed by atoms with E-state index < -0.39 is 0 Å². The highest BCUT2D eigenvalue weighted by Gasteiger charge is 2.02. The number of aromatic nitrogens is 1. The molecule has 0 atom stereocenters. The summed E-state index contributed by atoms with van der Waals surface area (Å²) < 4.78 is 12.8. The predicted octanol–water partition coefficient (Wildman–Crippen LogP) is 3.41. The lowest BCUT2D eigenvalue weighted by atomic mass is 10.1. The van der Waals surface area contributed by atoms with Crippen molar-refractivity contribution in [3.8, 4) is 0 Å². The van der Waals surface area contributed by atoms with Crippen molar-refractivity contribution >= 4 is 41.3 Å². The average Bonchev–Trinajstić information content (AvgIpc) is 3.03. The van der Waals surface area contributed by atoms with E-state index in [2.05, 4.69) is 32.9 Å². The van der Waals surface area contributed by atoms with Crippen LogP contribution in [-0.2, 0) is 19.3 Å². The van der Waals surface area contributed by atoms with Crippen LogP contribution in [0.4, 0.5) is 4.39 Å². The second-order valence-corrected chi connectivity index (χ2v) is 6.08. The summed E-state index contributed by atoms with van der Waals surface area (Å²) in [5, 5.41) is 9.85. The molecular weight excluding hydrogens is 438 g/mol. The molecule has 0 aliphatic carbocycles. The molecule has 1 heterocycles. The molecule has 0 saturated carbocycles. The first-order valence-corrected chi connectivity index (χ1v) is 8.71. The Morgan fingerprint density at radius 2 is 1.83 bits per heavy atom. The first kappa shape index (κ1) is 20.8. The zero-order valence-electron chi connectivity index (χ0n) is 14.0. The van der Waals surface area contributed by atoms with Gasteiger partial charge in [-0.25, -0.2) is 9.37 Å². The fourth-order valence-electron chi connectivity index (χ4n) is 2.13. The molecule has 0 spiro atoms. The fraction of sp³-hybridized carbons (Fsp3) is 0.412. The molecule has 1 aromatic heterocycles. The van der Waals surface area contributed by atoms with Gasteiger partial charge in [0.05, 0.1) is 10.7 Å². The van der Waals surface area contributed by atoms with E-state index in [1.807, 2.05) is 0 Å². The summed E-state index contributed by atoms with van der Waals surface area (Å²) in [5.41, 5.74) is 2.23. The van der Waals surface area contributed by atoms with E-state index in [1.165, 1.54) is 17.1 Å². The molecule has 132 valence electrons. The number of hydrogen-bond donors (Lipinski definition) is 2. The SMILES string of the molecule is CCc1nc(CCNC(=NC)NCCc2ccc(F)cc2)cs1.I. The number of guanidine groups is 1. The van der Waals surface area contributed by atoms with Gasteiger partial charge in [0.25, 0.3) is 0 Å². The van der Waals surface area contributed by atoms with Crippen LogP contribution in [0.15, 0.2) is 34.6 Å². The highest BCUT2D eigenvalue weighted by atomic mass is 127.